The van der Waals surface area contributed by atoms with E-state index >= 15 is 0 Å². The number of hydrogen-bond donors (Lipinski definition) is 2. The van der Waals surface area contributed by atoms with Crippen molar-refractivity contribution in [1.82, 2.24) is 10.6 Å². The molecule has 1 atom stereocenters. The van der Waals surface area contributed by atoms with Gasteiger partial charge in [0.05, 0.1) is 0 Å². The van der Waals surface area contributed by atoms with Crippen LogP contribution in [0.25, 0.3) is 0 Å². The van der Waals surface area contributed by atoms with E-state index < -0.39 is 0 Å². The van der Waals surface area contributed by atoms with Gasteiger partial charge in [0.2, 0.25) is 0 Å². The topological polar surface area (TPSA) is 36.4 Å². The molecule has 2 rings (SSSR count). The van der Waals surface area contributed by atoms with Gasteiger partial charge in [-0.2, -0.15) is 23.1 Å². The Hall–Kier alpha value is 0.0500. The molecule has 2 heterocycles. The molecule has 0 bridgehead atoms. The average Bonchev–Trinajstić information content (AvgIpc) is 3.06. The third kappa shape index (κ3) is 5.81. The molecule has 114 valence electrons. The van der Waals surface area contributed by atoms with Crippen LogP contribution in [0.15, 0.2) is 21.8 Å². The molecule has 0 spiro atoms. The molecule has 1 aromatic rings. The first kappa shape index (κ1) is 18.1. The number of thiophene rings is 1. The Kier molecular flexibility index (Phi) is 8.28. The molecule has 1 aliphatic rings. The average molecular weight is 425 g/mol. The molecule has 1 fully saturated rings. The second-order valence-corrected chi connectivity index (χ2v) is 7.60. The van der Waals surface area contributed by atoms with Gasteiger partial charge in [0.25, 0.3) is 0 Å². The smallest absolute Gasteiger partial charge is 0.191 e. The van der Waals surface area contributed by atoms with Gasteiger partial charge in [0.1, 0.15) is 0 Å². The summed E-state index contributed by atoms with van der Waals surface area (Å²) in [6.45, 7) is 4.27. The van der Waals surface area contributed by atoms with Crippen molar-refractivity contribution in [2.75, 3.05) is 25.9 Å². The lowest BCUT2D eigenvalue weighted by Gasteiger charge is -2.24. The molecule has 2 N–H and O–H groups in total. The van der Waals surface area contributed by atoms with Gasteiger partial charge in [0.15, 0.2) is 5.96 Å². The Bertz CT molecular complexity index is 401. The lowest BCUT2D eigenvalue weighted by Crippen LogP contribution is -2.44. The van der Waals surface area contributed by atoms with Gasteiger partial charge >= 0.3 is 0 Å². The summed E-state index contributed by atoms with van der Waals surface area (Å²) in [7, 11) is 1.84. The Morgan fingerprint density at radius 3 is 2.90 bits per heavy atom. The van der Waals surface area contributed by atoms with E-state index in [2.05, 4.69) is 51.1 Å². The summed E-state index contributed by atoms with van der Waals surface area (Å²) in [5.74, 6) is 2.21. The molecule has 0 saturated carbocycles. The van der Waals surface area contributed by atoms with E-state index in [1.807, 2.05) is 7.05 Å². The van der Waals surface area contributed by atoms with Crippen molar-refractivity contribution in [2.24, 2.45) is 4.99 Å². The molecule has 1 unspecified atom stereocenters. The lowest BCUT2D eigenvalue weighted by molar-refractivity contribution is 0.584. The minimum atomic E-state index is 0. The van der Waals surface area contributed by atoms with Crippen molar-refractivity contribution in [3.8, 4) is 0 Å². The number of aliphatic imine (C=N–C) groups is 1. The van der Waals surface area contributed by atoms with Crippen LogP contribution < -0.4 is 10.6 Å². The van der Waals surface area contributed by atoms with Gasteiger partial charge in [0, 0.05) is 24.9 Å². The highest BCUT2D eigenvalue weighted by molar-refractivity contribution is 14.0. The monoisotopic (exact) mass is 425 g/mol. The van der Waals surface area contributed by atoms with E-state index in [0.29, 0.717) is 4.75 Å². The summed E-state index contributed by atoms with van der Waals surface area (Å²) >= 11 is 3.83. The number of guanidine groups is 1. The van der Waals surface area contributed by atoms with Crippen LogP contribution in [-0.4, -0.2) is 36.6 Å². The molecule has 0 amide bonds. The maximum atomic E-state index is 4.29. The molecule has 0 aliphatic carbocycles. The molecule has 3 nitrogen and oxygen atoms in total. The molecule has 20 heavy (non-hydrogen) atoms. The van der Waals surface area contributed by atoms with Gasteiger partial charge < -0.3 is 10.6 Å². The zero-order valence-corrected chi connectivity index (χ0v) is 16.1. The maximum absolute atomic E-state index is 4.29. The van der Waals surface area contributed by atoms with Gasteiger partial charge in [-0.25, -0.2) is 0 Å². The van der Waals surface area contributed by atoms with Crippen LogP contribution in [-0.2, 0) is 6.42 Å². The zero-order chi connectivity index (χ0) is 13.6. The van der Waals surface area contributed by atoms with Crippen molar-refractivity contribution >= 4 is 53.0 Å². The van der Waals surface area contributed by atoms with E-state index in [9.17, 15) is 0 Å². The highest BCUT2D eigenvalue weighted by Crippen LogP contribution is 2.36. The predicted octanol–water partition coefficient (Wildman–Crippen LogP) is 3.36. The molecule has 6 heteroatoms. The van der Waals surface area contributed by atoms with E-state index in [-0.39, 0.29) is 24.0 Å². The number of nitrogens with one attached hydrogen (secondary N) is 2. The Morgan fingerprint density at radius 2 is 2.30 bits per heavy atom. The molecular weight excluding hydrogens is 401 g/mol. The number of nitrogens with zero attached hydrogens (tertiary/aromatic N) is 1. The fraction of sp³-hybridized carbons (Fsp3) is 0.643. The predicted molar refractivity (Wildman–Crippen MR) is 103 cm³/mol. The number of thioether (sulfide) groups is 1. The zero-order valence-electron chi connectivity index (χ0n) is 12.1. The molecular formula is C14H24IN3S2. The van der Waals surface area contributed by atoms with E-state index in [1.54, 1.807) is 11.3 Å². The van der Waals surface area contributed by atoms with Crippen molar-refractivity contribution in [3.05, 3.63) is 22.4 Å². The standard InChI is InChI=1S/C14H23N3S2.HI/c1-14(6-3-8-19-14)11-17-13(15-2)16-7-4-12-5-9-18-10-12;/h5,9-10H,3-4,6-8,11H2,1-2H3,(H2,15,16,17);1H. The third-order valence-electron chi connectivity index (χ3n) is 3.44. The first-order valence-corrected chi connectivity index (χ1v) is 8.74. The van der Waals surface area contributed by atoms with Crippen LogP contribution in [0.4, 0.5) is 0 Å². The van der Waals surface area contributed by atoms with E-state index in [1.165, 1.54) is 24.2 Å². The molecule has 0 radical (unpaired) electrons. The van der Waals surface area contributed by atoms with E-state index in [0.717, 1.165) is 25.5 Å². The highest BCUT2D eigenvalue weighted by atomic mass is 127. The summed E-state index contributed by atoms with van der Waals surface area (Å²) in [5, 5.41) is 11.2. The first-order valence-electron chi connectivity index (χ1n) is 6.81. The Balaban J connectivity index is 0.00000200. The molecule has 1 saturated heterocycles. The second kappa shape index (κ2) is 9.15. The largest absolute Gasteiger partial charge is 0.356 e. The number of rotatable bonds is 5. The van der Waals surface area contributed by atoms with E-state index in [4.69, 9.17) is 0 Å². The van der Waals surface area contributed by atoms with Crippen LogP contribution in [0.2, 0.25) is 0 Å². The summed E-state index contributed by atoms with van der Waals surface area (Å²) in [5.41, 5.74) is 1.39. The van der Waals surface area contributed by atoms with Crippen molar-refractivity contribution < 1.29 is 0 Å². The van der Waals surface area contributed by atoms with Crippen molar-refractivity contribution in [2.45, 2.75) is 30.9 Å². The SMILES string of the molecule is CN=C(NCCc1ccsc1)NCC1(C)CCCS1.I. The fourth-order valence-corrected chi connectivity index (χ4v) is 4.18. The fourth-order valence-electron chi connectivity index (χ4n) is 2.23. The Labute approximate surface area is 147 Å². The minimum absolute atomic E-state index is 0. The normalized spacial score (nSPS) is 22.4. The number of hydrogen-bond acceptors (Lipinski definition) is 3. The first-order chi connectivity index (χ1) is 9.22. The lowest BCUT2D eigenvalue weighted by atomic mass is 10.1. The van der Waals surface area contributed by atoms with Gasteiger partial charge in [-0.1, -0.05) is 0 Å². The Morgan fingerprint density at radius 1 is 1.45 bits per heavy atom. The van der Waals surface area contributed by atoms with Crippen LogP contribution in [0.3, 0.4) is 0 Å². The summed E-state index contributed by atoms with van der Waals surface area (Å²) in [6.07, 6.45) is 3.69. The minimum Gasteiger partial charge on any atom is -0.356 e. The molecule has 1 aromatic heterocycles. The number of halogens is 1. The van der Waals surface area contributed by atoms with Gasteiger partial charge in [-0.15, -0.1) is 24.0 Å². The van der Waals surface area contributed by atoms with Gasteiger partial charge in [-0.3, -0.25) is 4.99 Å². The van der Waals surface area contributed by atoms with Crippen LogP contribution >= 0.6 is 47.1 Å². The van der Waals surface area contributed by atoms with Crippen LogP contribution in [0.5, 0.6) is 0 Å². The highest BCUT2D eigenvalue weighted by Gasteiger charge is 2.29. The van der Waals surface area contributed by atoms with Crippen LogP contribution in [0, 0.1) is 0 Å². The quantitative estimate of drug-likeness (QED) is 0.432. The summed E-state index contributed by atoms with van der Waals surface area (Å²) in [6, 6.07) is 2.18. The molecule has 1 aliphatic heterocycles. The van der Waals surface area contributed by atoms with Crippen molar-refractivity contribution in [1.29, 1.82) is 0 Å². The summed E-state index contributed by atoms with van der Waals surface area (Å²) < 4.78 is 0.380. The second-order valence-electron chi connectivity index (χ2n) is 5.14. The van der Waals surface area contributed by atoms with Crippen molar-refractivity contribution in [3.63, 3.8) is 0 Å². The third-order valence-corrected chi connectivity index (χ3v) is 5.71. The van der Waals surface area contributed by atoms with Gasteiger partial charge in [-0.05, 0) is 54.3 Å². The molecule has 0 aromatic carbocycles. The van der Waals surface area contributed by atoms with Crippen LogP contribution in [0.1, 0.15) is 25.3 Å². The summed E-state index contributed by atoms with van der Waals surface area (Å²) in [4.78, 5) is 4.29. The maximum Gasteiger partial charge on any atom is 0.191 e.